The van der Waals surface area contributed by atoms with Crippen LogP contribution < -0.4 is 0 Å². The minimum atomic E-state index is -1.11. The van der Waals surface area contributed by atoms with Gasteiger partial charge in [0.15, 0.2) is 5.54 Å². The van der Waals surface area contributed by atoms with E-state index in [1.807, 2.05) is 26.8 Å². The Hall–Kier alpha value is -1.97. The average molecular weight is 283 g/mol. The van der Waals surface area contributed by atoms with Gasteiger partial charge in [-0.1, -0.05) is 6.92 Å². The zero-order valence-corrected chi connectivity index (χ0v) is 12.6. The summed E-state index contributed by atoms with van der Waals surface area (Å²) in [6.45, 7) is 8.72. The molecular formula is C13H21N3O4. The smallest absolute Gasteiger partial charge is 0.247 e. The topological polar surface area (TPSA) is 101 Å². The number of hydrogen-bond donors (Lipinski definition) is 0. The third kappa shape index (κ3) is 8.19. The minimum absolute atomic E-state index is 0.0930. The molecule has 0 aliphatic rings. The van der Waals surface area contributed by atoms with Gasteiger partial charge in [0.1, 0.15) is 0 Å². The lowest BCUT2D eigenvalue weighted by Crippen LogP contribution is -2.23. The van der Waals surface area contributed by atoms with E-state index < -0.39 is 23.0 Å². The average Bonchev–Trinajstić information content (AvgIpc) is 2.39. The first-order valence-electron chi connectivity index (χ1n) is 6.37. The predicted octanol–water partition coefficient (Wildman–Crippen LogP) is 2.71. The lowest BCUT2D eigenvalue weighted by atomic mass is 9.99. The van der Waals surface area contributed by atoms with Gasteiger partial charge in [-0.15, -0.1) is 0 Å². The standard InChI is InChI=1S/C13H21N3O4/c1-6-10(17)19-20-11(18)7-8-13(5,9-14)16-15-12(2,3)4/h6-8H2,1-5H3. The number of carbonyl (C=O) groups excluding carboxylic acids is 2. The first-order chi connectivity index (χ1) is 9.12. The van der Waals surface area contributed by atoms with Gasteiger partial charge in [0.2, 0.25) is 0 Å². The summed E-state index contributed by atoms with van der Waals surface area (Å²) in [7, 11) is 0. The van der Waals surface area contributed by atoms with E-state index in [-0.39, 0.29) is 19.3 Å². The Labute approximate surface area is 118 Å². The molecule has 0 N–H and O–H groups in total. The van der Waals surface area contributed by atoms with Crippen molar-refractivity contribution in [3.63, 3.8) is 0 Å². The minimum Gasteiger partial charge on any atom is -0.247 e. The number of nitrogens with zero attached hydrogens (tertiary/aromatic N) is 3. The molecule has 1 atom stereocenters. The van der Waals surface area contributed by atoms with Gasteiger partial charge >= 0.3 is 11.9 Å². The van der Waals surface area contributed by atoms with Crippen LogP contribution in [0.5, 0.6) is 0 Å². The Morgan fingerprint density at radius 3 is 2.10 bits per heavy atom. The molecule has 0 fully saturated rings. The van der Waals surface area contributed by atoms with Crippen LogP contribution >= 0.6 is 0 Å². The second kappa shape index (κ2) is 7.58. The molecule has 0 aromatic rings. The van der Waals surface area contributed by atoms with E-state index >= 15 is 0 Å². The van der Waals surface area contributed by atoms with E-state index in [1.54, 1.807) is 13.8 Å². The second-order valence-electron chi connectivity index (χ2n) is 5.52. The van der Waals surface area contributed by atoms with Crippen molar-refractivity contribution in [2.45, 2.75) is 65.0 Å². The number of nitriles is 1. The van der Waals surface area contributed by atoms with Gasteiger partial charge in [-0.3, -0.25) is 0 Å². The van der Waals surface area contributed by atoms with Crippen LogP contribution in [0.3, 0.4) is 0 Å². The highest BCUT2D eigenvalue weighted by molar-refractivity contribution is 5.72. The third-order valence-electron chi connectivity index (χ3n) is 2.14. The molecule has 0 radical (unpaired) electrons. The molecule has 0 aromatic carbocycles. The van der Waals surface area contributed by atoms with Gasteiger partial charge in [-0.05, 0) is 34.1 Å². The van der Waals surface area contributed by atoms with Crippen molar-refractivity contribution < 1.29 is 19.4 Å². The van der Waals surface area contributed by atoms with E-state index in [4.69, 9.17) is 5.26 Å². The van der Waals surface area contributed by atoms with Gasteiger partial charge < -0.3 is 0 Å². The van der Waals surface area contributed by atoms with E-state index in [0.717, 1.165) is 0 Å². The fourth-order valence-electron chi connectivity index (χ4n) is 0.928. The summed E-state index contributed by atoms with van der Waals surface area (Å²) in [6, 6.07) is 2.01. The van der Waals surface area contributed by atoms with Gasteiger partial charge in [0.25, 0.3) is 0 Å². The summed E-state index contributed by atoms with van der Waals surface area (Å²) in [5.41, 5.74) is -1.50. The van der Waals surface area contributed by atoms with Crippen molar-refractivity contribution in [3.8, 4) is 6.07 Å². The Morgan fingerprint density at radius 2 is 1.65 bits per heavy atom. The Bertz CT molecular complexity index is 420. The van der Waals surface area contributed by atoms with E-state index in [9.17, 15) is 9.59 Å². The molecule has 0 saturated heterocycles. The maximum atomic E-state index is 11.3. The van der Waals surface area contributed by atoms with E-state index in [0.29, 0.717) is 0 Å². The maximum Gasteiger partial charge on any atom is 0.355 e. The Morgan fingerprint density at radius 1 is 1.10 bits per heavy atom. The molecule has 0 spiro atoms. The van der Waals surface area contributed by atoms with Crippen molar-refractivity contribution in [2.75, 3.05) is 0 Å². The summed E-state index contributed by atoms with van der Waals surface area (Å²) in [5.74, 6) is -1.35. The molecule has 0 heterocycles. The second-order valence-corrected chi connectivity index (χ2v) is 5.52. The van der Waals surface area contributed by atoms with Crippen molar-refractivity contribution in [1.82, 2.24) is 0 Å². The monoisotopic (exact) mass is 283 g/mol. The van der Waals surface area contributed by atoms with Crippen LogP contribution in [0.1, 0.15) is 53.9 Å². The first kappa shape index (κ1) is 18.0. The highest BCUT2D eigenvalue weighted by Gasteiger charge is 2.26. The first-order valence-corrected chi connectivity index (χ1v) is 6.37. The van der Waals surface area contributed by atoms with Gasteiger partial charge in [0, 0.05) is 6.42 Å². The van der Waals surface area contributed by atoms with Crippen LogP contribution in [0.4, 0.5) is 0 Å². The van der Waals surface area contributed by atoms with Crippen LogP contribution in [0.25, 0.3) is 0 Å². The van der Waals surface area contributed by atoms with Gasteiger partial charge in [-0.25, -0.2) is 19.4 Å². The van der Waals surface area contributed by atoms with Crippen molar-refractivity contribution in [2.24, 2.45) is 10.2 Å². The number of rotatable bonds is 5. The fourth-order valence-corrected chi connectivity index (χ4v) is 0.928. The quantitative estimate of drug-likeness (QED) is 0.438. The van der Waals surface area contributed by atoms with Crippen LogP contribution in [0, 0.1) is 11.3 Å². The molecule has 7 heteroatoms. The molecule has 0 aromatic heterocycles. The van der Waals surface area contributed by atoms with Gasteiger partial charge in [0.05, 0.1) is 18.0 Å². The van der Waals surface area contributed by atoms with Crippen molar-refractivity contribution >= 4 is 11.9 Å². The SMILES string of the molecule is CCC(=O)OOC(=O)CCC(C)(C#N)N=NC(C)(C)C. The highest BCUT2D eigenvalue weighted by Crippen LogP contribution is 2.20. The predicted molar refractivity (Wildman–Crippen MR) is 70.3 cm³/mol. The Kier molecular flexibility index (Phi) is 6.83. The van der Waals surface area contributed by atoms with E-state index in [2.05, 4.69) is 20.0 Å². The zero-order chi connectivity index (χ0) is 15.8. The lowest BCUT2D eigenvalue weighted by Gasteiger charge is -2.17. The molecule has 0 bridgehead atoms. The van der Waals surface area contributed by atoms with Gasteiger partial charge in [-0.2, -0.15) is 15.5 Å². The zero-order valence-electron chi connectivity index (χ0n) is 12.6. The summed E-state index contributed by atoms with van der Waals surface area (Å²) in [4.78, 5) is 30.7. The molecule has 7 nitrogen and oxygen atoms in total. The normalized spacial score (nSPS) is 14.4. The fraction of sp³-hybridized carbons (Fsp3) is 0.769. The largest absolute Gasteiger partial charge is 0.355 e. The van der Waals surface area contributed by atoms with Crippen LogP contribution in [-0.2, 0) is 19.4 Å². The molecule has 0 amide bonds. The highest BCUT2D eigenvalue weighted by atomic mass is 17.2. The lowest BCUT2D eigenvalue weighted by molar-refractivity contribution is -0.259. The summed E-state index contributed by atoms with van der Waals surface area (Å²) >= 11 is 0. The molecular weight excluding hydrogens is 262 g/mol. The summed E-state index contributed by atoms with van der Waals surface area (Å²) < 4.78 is 0. The number of azo groups is 1. The summed E-state index contributed by atoms with van der Waals surface area (Å²) in [5, 5.41) is 17.1. The van der Waals surface area contributed by atoms with Crippen LogP contribution in [0.2, 0.25) is 0 Å². The maximum absolute atomic E-state index is 11.3. The van der Waals surface area contributed by atoms with Crippen LogP contribution in [0.15, 0.2) is 10.2 Å². The van der Waals surface area contributed by atoms with Crippen molar-refractivity contribution in [3.05, 3.63) is 0 Å². The molecule has 0 rings (SSSR count). The van der Waals surface area contributed by atoms with Crippen LogP contribution in [-0.4, -0.2) is 23.0 Å². The number of hydrogen-bond acceptors (Lipinski definition) is 7. The molecule has 0 aliphatic carbocycles. The molecule has 0 aliphatic heterocycles. The molecule has 20 heavy (non-hydrogen) atoms. The Balaban J connectivity index is 4.38. The van der Waals surface area contributed by atoms with E-state index in [1.165, 1.54) is 0 Å². The summed E-state index contributed by atoms with van der Waals surface area (Å²) in [6.07, 6.45) is 0.152. The molecule has 0 saturated carbocycles. The third-order valence-corrected chi connectivity index (χ3v) is 2.14. The van der Waals surface area contributed by atoms with Crippen molar-refractivity contribution in [1.29, 1.82) is 5.26 Å². The molecule has 112 valence electrons. The molecule has 1 unspecified atom stereocenters. The number of carbonyl (C=O) groups is 2.